The molecule has 0 atom stereocenters. The zero-order chi connectivity index (χ0) is 12.9. The molecule has 0 heterocycles. The smallest absolute Gasteiger partial charge is 0.0436 e. The molecule has 17 heavy (non-hydrogen) atoms. The molecule has 0 aromatic rings. The van der Waals surface area contributed by atoms with Gasteiger partial charge < -0.3 is 10.4 Å². The van der Waals surface area contributed by atoms with E-state index < -0.39 is 0 Å². The van der Waals surface area contributed by atoms with Gasteiger partial charge in [0.25, 0.3) is 0 Å². The van der Waals surface area contributed by atoms with E-state index in [4.69, 9.17) is 5.11 Å². The highest BCUT2D eigenvalue weighted by Gasteiger charge is 2.41. The minimum atomic E-state index is 0.348. The summed E-state index contributed by atoms with van der Waals surface area (Å²) in [6.45, 7) is 10.7. The number of aliphatic hydroxyl groups excluding tert-OH is 1. The van der Waals surface area contributed by atoms with Gasteiger partial charge >= 0.3 is 0 Å². The fraction of sp³-hybridized carbons (Fsp3) is 1.00. The molecule has 0 aromatic heterocycles. The SMILES string of the molecule is CC(C)CC(CC(C)C)NCC1(CCO)CC1. The van der Waals surface area contributed by atoms with Gasteiger partial charge in [0.1, 0.15) is 0 Å². The minimum Gasteiger partial charge on any atom is -0.396 e. The van der Waals surface area contributed by atoms with E-state index in [9.17, 15) is 0 Å². The topological polar surface area (TPSA) is 32.3 Å². The van der Waals surface area contributed by atoms with Crippen molar-refractivity contribution in [2.45, 2.75) is 65.8 Å². The predicted molar refractivity (Wildman–Crippen MR) is 74.1 cm³/mol. The highest BCUT2D eigenvalue weighted by molar-refractivity contribution is 4.95. The second-order valence-electron chi connectivity index (χ2n) is 6.81. The van der Waals surface area contributed by atoms with Crippen molar-refractivity contribution in [3.05, 3.63) is 0 Å². The van der Waals surface area contributed by atoms with E-state index in [-0.39, 0.29) is 0 Å². The Morgan fingerprint density at radius 3 is 1.94 bits per heavy atom. The van der Waals surface area contributed by atoms with Crippen LogP contribution in [0.3, 0.4) is 0 Å². The molecule has 0 spiro atoms. The Morgan fingerprint density at radius 1 is 1.06 bits per heavy atom. The van der Waals surface area contributed by atoms with Crippen LogP contribution in [0.5, 0.6) is 0 Å². The lowest BCUT2D eigenvalue weighted by Gasteiger charge is -2.25. The van der Waals surface area contributed by atoms with Gasteiger partial charge in [0, 0.05) is 19.2 Å². The number of hydrogen-bond donors (Lipinski definition) is 2. The molecule has 102 valence electrons. The summed E-state index contributed by atoms with van der Waals surface area (Å²) in [5, 5.41) is 12.8. The summed E-state index contributed by atoms with van der Waals surface area (Å²) >= 11 is 0. The molecule has 0 radical (unpaired) electrons. The molecule has 2 heteroatoms. The second kappa shape index (κ2) is 6.75. The number of rotatable bonds is 9. The van der Waals surface area contributed by atoms with Crippen molar-refractivity contribution in [1.29, 1.82) is 0 Å². The van der Waals surface area contributed by atoms with Crippen molar-refractivity contribution in [2.75, 3.05) is 13.2 Å². The lowest BCUT2D eigenvalue weighted by atomic mass is 9.94. The molecule has 0 saturated heterocycles. The summed E-state index contributed by atoms with van der Waals surface area (Å²) in [7, 11) is 0. The van der Waals surface area contributed by atoms with Crippen molar-refractivity contribution in [2.24, 2.45) is 17.3 Å². The van der Waals surface area contributed by atoms with E-state index in [0.29, 0.717) is 18.1 Å². The van der Waals surface area contributed by atoms with Crippen LogP contribution in [0, 0.1) is 17.3 Å². The van der Waals surface area contributed by atoms with Crippen molar-refractivity contribution in [3.63, 3.8) is 0 Å². The molecule has 1 fully saturated rings. The lowest BCUT2D eigenvalue weighted by molar-refractivity contribution is 0.236. The van der Waals surface area contributed by atoms with Gasteiger partial charge in [-0.2, -0.15) is 0 Å². The zero-order valence-corrected chi connectivity index (χ0v) is 12.1. The number of hydrogen-bond acceptors (Lipinski definition) is 2. The molecule has 1 aliphatic carbocycles. The summed E-state index contributed by atoms with van der Waals surface area (Å²) in [6.07, 6.45) is 6.13. The maximum Gasteiger partial charge on any atom is 0.0436 e. The molecular weight excluding hydrogens is 210 g/mol. The molecule has 2 N–H and O–H groups in total. The van der Waals surface area contributed by atoms with Gasteiger partial charge in [0.2, 0.25) is 0 Å². The summed E-state index contributed by atoms with van der Waals surface area (Å²) in [5.74, 6) is 1.53. The molecule has 1 rings (SSSR count). The fourth-order valence-electron chi connectivity index (χ4n) is 2.69. The van der Waals surface area contributed by atoms with Crippen LogP contribution in [-0.2, 0) is 0 Å². The second-order valence-corrected chi connectivity index (χ2v) is 6.81. The molecule has 0 aromatic carbocycles. The fourth-order valence-corrected chi connectivity index (χ4v) is 2.69. The molecule has 0 aliphatic heterocycles. The Morgan fingerprint density at radius 2 is 1.59 bits per heavy atom. The summed E-state index contributed by atoms with van der Waals surface area (Å²) in [5.41, 5.74) is 0.445. The Hall–Kier alpha value is -0.0800. The van der Waals surface area contributed by atoms with Crippen LogP contribution in [0.1, 0.15) is 59.8 Å². The Labute approximate surface area is 107 Å². The van der Waals surface area contributed by atoms with Crippen molar-refractivity contribution in [3.8, 4) is 0 Å². The quantitative estimate of drug-likeness (QED) is 0.650. The summed E-state index contributed by atoms with van der Waals surface area (Å²) < 4.78 is 0. The molecule has 0 bridgehead atoms. The Bertz CT molecular complexity index is 199. The first-order valence-corrected chi connectivity index (χ1v) is 7.32. The van der Waals surface area contributed by atoms with Crippen LogP contribution < -0.4 is 5.32 Å². The third-order valence-electron chi connectivity index (χ3n) is 3.88. The van der Waals surface area contributed by atoms with Crippen LogP contribution in [-0.4, -0.2) is 24.3 Å². The van der Waals surface area contributed by atoms with E-state index in [1.807, 2.05) is 0 Å². The van der Waals surface area contributed by atoms with Crippen LogP contribution >= 0.6 is 0 Å². The summed E-state index contributed by atoms with van der Waals surface area (Å²) in [4.78, 5) is 0. The van der Waals surface area contributed by atoms with E-state index in [1.165, 1.54) is 25.7 Å². The van der Waals surface area contributed by atoms with Gasteiger partial charge in [-0.3, -0.25) is 0 Å². The molecule has 1 aliphatic rings. The largest absolute Gasteiger partial charge is 0.396 e. The third kappa shape index (κ3) is 5.87. The average Bonchev–Trinajstić information content (AvgIpc) is 2.94. The highest BCUT2D eigenvalue weighted by Crippen LogP contribution is 2.48. The van der Waals surface area contributed by atoms with Crippen molar-refractivity contribution >= 4 is 0 Å². The number of nitrogens with one attached hydrogen (secondary N) is 1. The van der Waals surface area contributed by atoms with E-state index in [0.717, 1.165) is 24.8 Å². The van der Waals surface area contributed by atoms with Crippen LogP contribution in [0.15, 0.2) is 0 Å². The van der Waals surface area contributed by atoms with Crippen LogP contribution in [0.2, 0.25) is 0 Å². The van der Waals surface area contributed by atoms with Crippen LogP contribution in [0.4, 0.5) is 0 Å². The monoisotopic (exact) mass is 241 g/mol. The van der Waals surface area contributed by atoms with Gasteiger partial charge in [-0.05, 0) is 49.4 Å². The highest BCUT2D eigenvalue weighted by atomic mass is 16.3. The van der Waals surface area contributed by atoms with Gasteiger partial charge in [0.15, 0.2) is 0 Å². The molecular formula is C15H31NO. The van der Waals surface area contributed by atoms with Crippen molar-refractivity contribution < 1.29 is 5.11 Å². The zero-order valence-electron chi connectivity index (χ0n) is 12.1. The molecule has 2 nitrogen and oxygen atoms in total. The molecule has 0 unspecified atom stereocenters. The molecule has 0 amide bonds. The predicted octanol–water partition coefficient (Wildman–Crippen LogP) is 3.20. The maximum absolute atomic E-state index is 9.07. The average molecular weight is 241 g/mol. The van der Waals surface area contributed by atoms with Gasteiger partial charge in [-0.1, -0.05) is 27.7 Å². The number of aliphatic hydroxyl groups is 1. The Kier molecular flexibility index (Phi) is 5.94. The van der Waals surface area contributed by atoms with Gasteiger partial charge in [-0.25, -0.2) is 0 Å². The van der Waals surface area contributed by atoms with E-state index in [2.05, 4.69) is 33.0 Å². The molecule has 1 saturated carbocycles. The maximum atomic E-state index is 9.07. The van der Waals surface area contributed by atoms with E-state index >= 15 is 0 Å². The standard InChI is InChI=1S/C15H31NO/c1-12(2)9-14(10-13(3)4)16-11-15(5-6-15)7-8-17/h12-14,16-17H,5-11H2,1-4H3. The lowest BCUT2D eigenvalue weighted by Crippen LogP contribution is -2.36. The first-order chi connectivity index (χ1) is 7.97. The van der Waals surface area contributed by atoms with Crippen LogP contribution in [0.25, 0.3) is 0 Å². The Balaban J connectivity index is 2.32. The van der Waals surface area contributed by atoms with E-state index in [1.54, 1.807) is 0 Å². The minimum absolute atomic E-state index is 0.348. The first-order valence-electron chi connectivity index (χ1n) is 7.32. The third-order valence-corrected chi connectivity index (χ3v) is 3.88. The summed E-state index contributed by atoms with van der Waals surface area (Å²) in [6, 6.07) is 0.658. The first kappa shape index (κ1) is 15.0. The van der Waals surface area contributed by atoms with Gasteiger partial charge in [-0.15, -0.1) is 0 Å². The normalized spacial score (nSPS) is 18.4. The van der Waals surface area contributed by atoms with Crippen molar-refractivity contribution in [1.82, 2.24) is 5.32 Å². The van der Waals surface area contributed by atoms with Gasteiger partial charge in [0.05, 0.1) is 0 Å².